The summed E-state index contributed by atoms with van der Waals surface area (Å²) in [7, 11) is 1.31. The van der Waals surface area contributed by atoms with Crippen molar-refractivity contribution in [2.24, 2.45) is 0 Å². The summed E-state index contributed by atoms with van der Waals surface area (Å²) < 4.78 is 6.10. The van der Waals surface area contributed by atoms with Gasteiger partial charge in [-0.15, -0.1) is 0 Å². The average Bonchev–Trinajstić information content (AvgIpc) is 2.86. The van der Waals surface area contributed by atoms with E-state index in [1.54, 1.807) is 6.20 Å². The number of pyridine rings is 1. The van der Waals surface area contributed by atoms with Crippen LogP contribution in [-0.4, -0.2) is 27.6 Å². The van der Waals surface area contributed by atoms with Crippen LogP contribution in [0.3, 0.4) is 0 Å². The summed E-state index contributed by atoms with van der Waals surface area (Å²) in [4.78, 5) is 19.3. The van der Waals surface area contributed by atoms with Crippen LogP contribution in [0.25, 0.3) is 5.82 Å². The summed E-state index contributed by atoms with van der Waals surface area (Å²) >= 11 is 0. The van der Waals surface area contributed by atoms with Crippen molar-refractivity contribution in [2.75, 3.05) is 7.11 Å². The van der Waals surface area contributed by atoms with Gasteiger partial charge >= 0.3 is 5.97 Å². The lowest BCUT2D eigenvalue weighted by atomic mass is 10.2. The maximum atomic E-state index is 11.3. The number of imidazole rings is 1. The minimum Gasteiger partial charge on any atom is -0.465 e. The molecule has 84 valence electrons. The fraction of sp³-hybridized carbons (Fsp3) is 0.0909. The summed E-state index contributed by atoms with van der Waals surface area (Å²) in [5.74, 6) is 0.203. The summed E-state index contributed by atoms with van der Waals surface area (Å²) in [5.41, 5.74) is 0.370. The maximum Gasteiger partial charge on any atom is 0.338 e. The van der Waals surface area contributed by atoms with E-state index in [0.717, 1.165) is 0 Å². The van der Waals surface area contributed by atoms with Crippen LogP contribution in [0.5, 0.6) is 0 Å². The molecule has 6 heteroatoms. The van der Waals surface area contributed by atoms with Gasteiger partial charge in [-0.05, 0) is 12.1 Å². The Bertz CT molecular complexity index is 598. The van der Waals surface area contributed by atoms with Crippen LogP contribution in [0.15, 0.2) is 30.7 Å². The fourth-order valence-corrected chi connectivity index (χ4v) is 1.37. The van der Waals surface area contributed by atoms with Gasteiger partial charge in [0, 0.05) is 18.6 Å². The van der Waals surface area contributed by atoms with Gasteiger partial charge in [0.15, 0.2) is 0 Å². The van der Waals surface area contributed by atoms with Gasteiger partial charge in [-0.2, -0.15) is 5.26 Å². The van der Waals surface area contributed by atoms with Crippen LogP contribution in [0.2, 0.25) is 0 Å². The summed E-state index contributed by atoms with van der Waals surface area (Å²) in [6.07, 6.45) is 4.57. The first-order valence-corrected chi connectivity index (χ1v) is 4.74. The molecule has 0 aliphatic carbocycles. The number of rotatable bonds is 2. The molecule has 0 bridgehead atoms. The fourth-order valence-electron chi connectivity index (χ4n) is 1.37. The van der Waals surface area contributed by atoms with Crippen molar-refractivity contribution in [3.05, 3.63) is 42.1 Å². The van der Waals surface area contributed by atoms with E-state index in [-0.39, 0.29) is 5.82 Å². The second-order valence-corrected chi connectivity index (χ2v) is 3.13. The molecule has 0 fully saturated rings. The lowest BCUT2D eigenvalue weighted by molar-refractivity contribution is 0.0600. The first kappa shape index (κ1) is 10.8. The minimum atomic E-state index is -0.452. The zero-order chi connectivity index (χ0) is 12.3. The zero-order valence-corrected chi connectivity index (χ0v) is 8.99. The lowest BCUT2D eigenvalue weighted by Gasteiger charge is -2.04. The van der Waals surface area contributed by atoms with Gasteiger partial charge in [-0.3, -0.25) is 4.57 Å². The number of esters is 1. The second kappa shape index (κ2) is 4.45. The van der Waals surface area contributed by atoms with E-state index >= 15 is 0 Å². The van der Waals surface area contributed by atoms with Crippen LogP contribution < -0.4 is 0 Å². The minimum absolute atomic E-state index is 0.208. The van der Waals surface area contributed by atoms with E-state index in [4.69, 9.17) is 5.26 Å². The van der Waals surface area contributed by atoms with Gasteiger partial charge in [0.25, 0.3) is 0 Å². The summed E-state index contributed by atoms with van der Waals surface area (Å²) in [6, 6.07) is 5.01. The van der Waals surface area contributed by atoms with E-state index < -0.39 is 5.97 Å². The number of nitriles is 1. The molecule has 0 amide bonds. The molecule has 0 N–H and O–H groups in total. The van der Waals surface area contributed by atoms with Gasteiger partial charge in [0.05, 0.1) is 12.7 Å². The third kappa shape index (κ3) is 1.99. The van der Waals surface area contributed by atoms with Crippen molar-refractivity contribution in [2.45, 2.75) is 0 Å². The molecular weight excluding hydrogens is 220 g/mol. The van der Waals surface area contributed by atoms with Crippen LogP contribution >= 0.6 is 0 Å². The zero-order valence-electron chi connectivity index (χ0n) is 8.99. The molecule has 6 nitrogen and oxygen atoms in total. The van der Waals surface area contributed by atoms with E-state index in [2.05, 4.69) is 14.7 Å². The molecule has 0 saturated carbocycles. The van der Waals surface area contributed by atoms with Crippen LogP contribution in [0.1, 0.15) is 16.2 Å². The van der Waals surface area contributed by atoms with Crippen molar-refractivity contribution in [1.82, 2.24) is 14.5 Å². The largest absolute Gasteiger partial charge is 0.465 e. The Morgan fingerprint density at radius 1 is 1.47 bits per heavy atom. The molecule has 2 heterocycles. The SMILES string of the molecule is COC(=O)c1ccnc(-n2ccnc2C#N)c1. The average molecular weight is 228 g/mol. The van der Waals surface area contributed by atoms with Gasteiger partial charge in [0.2, 0.25) is 5.82 Å². The van der Waals surface area contributed by atoms with E-state index in [9.17, 15) is 4.79 Å². The number of carbonyl (C=O) groups is 1. The van der Waals surface area contributed by atoms with Crippen LogP contribution in [0, 0.1) is 11.3 Å². The second-order valence-electron chi connectivity index (χ2n) is 3.13. The Labute approximate surface area is 97.1 Å². The molecule has 0 unspecified atom stereocenters. The summed E-state index contributed by atoms with van der Waals surface area (Å²) in [6.45, 7) is 0. The Balaban J connectivity index is 2.47. The predicted molar refractivity (Wildman–Crippen MR) is 57.4 cm³/mol. The molecular formula is C11H8N4O2. The molecule has 17 heavy (non-hydrogen) atoms. The summed E-state index contributed by atoms with van der Waals surface area (Å²) in [5, 5.41) is 8.84. The molecule has 0 aromatic carbocycles. The molecule has 2 aromatic rings. The van der Waals surface area contributed by atoms with E-state index in [0.29, 0.717) is 11.4 Å². The Hall–Kier alpha value is -2.68. The van der Waals surface area contributed by atoms with Crippen molar-refractivity contribution in [1.29, 1.82) is 5.26 Å². The van der Waals surface area contributed by atoms with Gasteiger partial charge in [0.1, 0.15) is 11.9 Å². The molecule has 0 radical (unpaired) electrons. The van der Waals surface area contributed by atoms with Crippen molar-refractivity contribution in [3.63, 3.8) is 0 Å². The highest BCUT2D eigenvalue weighted by Gasteiger charge is 2.09. The van der Waals surface area contributed by atoms with Crippen LogP contribution in [-0.2, 0) is 4.74 Å². The smallest absolute Gasteiger partial charge is 0.338 e. The van der Waals surface area contributed by atoms with Crippen molar-refractivity contribution < 1.29 is 9.53 Å². The number of carbonyl (C=O) groups excluding carboxylic acids is 1. The quantitative estimate of drug-likeness (QED) is 0.714. The first-order chi connectivity index (χ1) is 8.26. The highest BCUT2D eigenvalue weighted by Crippen LogP contribution is 2.10. The molecule has 0 aliphatic heterocycles. The molecule has 2 rings (SSSR count). The van der Waals surface area contributed by atoms with Gasteiger partial charge in [-0.1, -0.05) is 0 Å². The van der Waals surface area contributed by atoms with E-state index in [1.165, 1.54) is 36.2 Å². The molecule has 0 aliphatic rings. The number of aromatic nitrogens is 3. The standard InChI is InChI=1S/C11H8N4O2/c1-17-11(16)8-2-3-13-9(6-8)15-5-4-14-10(15)7-12/h2-6H,1H3. The number of hydrogen-bond donors (Lipinski definition) is 0. The normalized spacial score (nSPS) is 9.65. The third-order valence-corrected chi connectivity index (χ3v) is 2.15. The highest BCUT2D eigenvalue weighted by molar-refractivity contribution is 5.89. The lowest BCUT2D eigenvalue weighted by Crippen LogP contribution is -2.05. The topological polar surface area (TPSA) is 80.8 Å². The van der Waals surface area contributed by atoms with E-state index in [1.807, 2.05) is 6.07 Å². The number of hydrogen-bond acceptors (Lipinski definition) is 5. The van der Waals surface area contributed by atoms with Crippen molar-refractivity contribution >= 4 is 5.97 Å². The first-order valence-electron chi connectivity index (χ1n) is 4.74. The molecule has 0 atom stereocenters. The predicted octanol–water partition coefficient (Wildman–Crippen LogP) is 0.926. The van der Waals surface area contributed by atoms with Crippen LogP contribution in [0.4, 0.5) is 0 Å². The molecule has 0 saturated heterocycles. The van der Waals surface area contributed by atoms with Gasteiger partial charge in [-0.25, -0.2) is 14.8 Å². The van der Waals surface area contributed by atoms with Crippen molar-refractivity contribution in [3.8, 4) is 11.9 Å². The highest BCUT2D eigenvalue weighted by atomic mass is 16.5. The number of ether oxygens (including phenoxy) is 1. The number of methoxy groups -OCH3 is 1. The molecule has 2 aromatic heterocycles. The monoisotopic (exact) mass is 228 g/mol. The maximum absolute atomic E-state index is 11.3. The third-order valence-electron chi connectivity index (χ3n) is 2.15. The Morgan fingerprint density at radius 2 is 2.29 bits per heavy atom. The van der Waals surface area contributed by atoms with Gasteiger partial charge < -0.3 is 4.74 Å². The number of nitrogens with zero attached hydrogens (tertiary/aromatic N) is 4. The Morgan fingerprint density at radius 3 is 3.00 bits per heavy atom. The Kier molecular flexibility index (Phi) is 2.83. The molecule has 0 spiro atoms.